The van der Waals surface area contributed by atoms with E-state index in [4.69, 9.17) is 4.74 Å². The number of hydrogen-bond acceptors (Lipinski definition) is 5. The minimum Gasteiger partial charge on any atom is -0.496 e. The predicted molar refractivity (Wildman–Crippen MR) is 93.5 cm³/mol. The number of aromatic amines is 1. The summed E-state index contributed by atoms with van der Waals surface area (Å²) < 4.78 is 7.40. The van der Waals surface area contributed by atoms with E-state index >= 15 is 0 Å². The molecule has 0 aliphatic rings. The first kappa shape index (κ1) is 16.3. The molecule has 0 aliphatic carbocycles. The van der Waals surface area contributed by atoms with Gasteiger partial charge in [0.1, 0.15) is 5.75 Å². The summed E-state index contributed by atoms with van der Waals surface area (Å²) in [6, 6.07) is 11.3. The van der Waals surface area contributed by atoms with Gasteiger partial charge in [-0.05, 0) is 31.2 Å². The second-order valence-electron chi connectivity index (χ2n) is 5.05. The largest absolute Gasteiger partial charge is 0.496 e. The van der Waals surface area contributed by atoms with Gasteiger partial charge in [0.2, 0.25) is 0 Å². The Bertz CT molecular complexity index is 827. The van der Waals surface area contributed by atoms with Gasteiger partial charge in [-0.3, -0.25) is 4.79 Å². The highest BCUT2D eigenvalue weighted by atomic mass is 32.2. The lowest BCUT2D eigenvalue weighted by Gasteiger charge is -2.10. The third-order valence-corrected chi connectivity index (χ3v) is 4.58. The van der Waals surface area contributed by atoms with Gasteiger partial charge in [0.05, 0.1) is 24.1 Å². The number of carbonyl (C=O) groups excluding carboxylic acids is 1. The molecule has 6 nitrogen and oxygen atoms in total. The second kappa shape index (κ2) is 7.35. The zero-order chi connectivity index (χ0) is 16.9. The summed E-state index contributed by atoms with van der Waals surface area (Å²) in [6.45, 7) is 2.73. The van der Waals surface area contributed by atoms with Crippen LogP contribution in [0.3, 0.4) is 0 Å². The molecule has 1 N–H and O–H groups in total. The summed E-state index contributed by atoms with van der Waals surface area (Å²) in [5, 5.41) is 9.27. The molecule has 0 aliphatic heterocycles. The van der Waals surface area contributed by atoms with E-state index in [1.165, 1.54) is 11.8 Å². The molecule has 3 rings (SSSR count). The Morgan fingerprint density at radius 2 is 2.08 bits per heavy atom. The SMILES string of the molecule is CCn1c(SCC(=O)c2ccc[nH]2)nnc1-c1ccccc1OC. The molecule has 0 fully saturated rings. The van der Waals surface area contributed by atoms with Crippen LogP contribution in [-0.2, 0) is 6.54 Å². The van der Waals surface area contributed by atoms with Gasteiger partial charge in [0, 0.05) is 12.7 Å². The molecule has 2 aromatic heterocycles. The van der Waals surface area contributed by atoms with Crippen LogP contribution in [0.15, 0.2) is 47.8 Å². The molecule has 124 valence electrons. The Morgan fingerprint density at radius 3 is 2.79 bits per heavy atom. The third-order valence-electron chi connectivity index (χ3n) is 3.61. The van der Waals surface area contributed by atoms with E-state index in [0.717, 1.165) is 22.3 Å². The second-order valence-corrected chi connectivity index (χ2v) is 5.99. The van der Waals surface area contributed by atoms with E-state index in [0.29, 0.717) is 18.0 Å². The van der Waals surface area contributed by atoms with Crippen molar-refractivity contribution >= 4 is 17.5 Å². The molecule has 0 radical (unpaired) electrons. The number of H-pyrrole nitrogens is 1. The average Bonchev–Trinajstić information content (AvgIpc) is 3.29. The topological polar surface area (TPSA) is 72.8 Å². The van der Waals surface area contributed by atoms with Crippen molar-refractivity contribution in [2.45, 2.75) is 18.6 Å². The molecule has 24 heavy (non-hydrogen) atoms. The zero-order valence-corrected chi connectivity index (χ0v) is 14.3. The van der Waals surface area contributed by atoms with E-state index < -0.39 is 0 Å². The Labute approximate surface area is 144 Å². The minimum atomic E-state index is 0.0366. The fourth-order valence-corrected chi connectivity index (χ4v) is 3.31. The summed E-state index contributed by atoms with van der Waals surface area (Å²) in [7, 11) is 1.64. The Hall–Kier alpha value is -2.54. The number of carbonyl (C=O) groups is 1. The van der Waals surface area contributed by atoms with Gasteiger partial charge in [-0.2, -0.15) is 0 Å². The van der Waals surface area contributed by atoms with Crippen LogP contribution in [0.5, 0.6) is 5.75 Å². The van der Waals surface area contributed by atoms with E-state index in [1.54, 1.807) is 19.4 Å². The Kier molecular flexibility index (Phi) is 5.00. The van der Waals surface area contributed by atoms with Crippen LogP contribution in [0.25, 0.3) is 11.4 Å². The van der Waals surface area contributed by atoms with E-state index in [2.05, 4.69) is 15.2 Å². The maximum Gasteiger partial charge on any atom is 0.191 e. The maximum atomic E-state index is 12.1. The van der Waals surface area contributed by atoms with Crippen molar-refractivity contribution in [2.75, 3.05) is 12.9 Å². The molecule has 0 bridgehead atoms. The quantitative estimate of drug-likeness (QED) is 0.527. The van der Waals surface area contributed by atoms with Gasteiger partial charge >= 0.3 is 0 Å². The molecular weight excluding hydrogens is 324 g/mol. The molecular formula is C17H18N4O2S. The molecule has 7 heteroatoms. The monoisotopic (exact) mass is 342 g/mol. The summed E-state index contributed by atoms with van der Waals surface area (Å²) in [6.07, 6.45) is 1.74. The van der Waals surface area contributed by atoms with Crippen molar-refractivity contribution in [3.8, 4) is 17.1 Å². The summed E-state index contributed by atoms with van der Waals surface area (Å²) >= 11 is 1.39. The molecule has 0 saturated heterocycles. The van der Waals surface area contributed by atoms with Gasteiger partial charge in [-0.1, -0.05) is 23.9 Å². The summed E-state index contributed by atoms with van der Waals surface area (Å²) in [5.41, 5.74) is 1.49. The highest BCUT2D eigenvalue weighted by Gasteiger charge is 2.17. The highest BCUT2D eigenvalue weighted by Crippen LogP contribution is 2.30. The van der Waals surface area contributed by atoms with Crippen LogP contribution in [0.4, 0.5) is 0 Å². The van der Waals surface area contributed by atoms with Crippen molar-refractivity contribution in [1.82, 2.24) is 19.7 Å². The number of Topliss-reactive ketones (excluding diaryl/α,β-unsaturated/α-hetero) is 1. The first-order chi connectivity index (χ1) is 11.7. The molecule has 0 unspecified atom stereocenters. The van der Waals surface area contributed by atoms with Gasteiger partial charge < -0.3 is 14.3 Å². The van der Waals surface area contributed by atoms with Crippen LogP contribution in [0.1, 0.15) is 17.4 Å². The van der Waals surface area contributed by atoms with Gasteiger partial charge in [0.15, 0.2) is 16.8 Å². The van der Waals surface area contributed by atoms with Crippen LogP contribution < -0.4 is 4.74 Å². The highest BCUT2D eigenvalue weighted by molar-refractivity contribution is 7.99. The Balaban J connectivity index is 1.83. The van der Waals surface area contributed by atoms with Gasteiger partial charge in [-0.25, -0.2) is 0 Å². The van der Waals surface area contributed by atoms with Crippen molar-refractivity contribution in [3.05, 3.63) is 48.3 Å². The van der Waals surface area contributed by atoms with Crippen LogP contribution in [0, 0.1) is 0 Å². The first-order valence-electron chi connectivity index (χ1n) is 7.60. The number of para-hydroxylation sites is 1. The first-order valence-corrected chi connectivity index (χ1v) is 8.59. The normalized spacial score (nSPS) is 10.8. The zero-order valence-electron chi connectivity index (χ0n) is 13.5. The number of hydrogen-bond donors (Lipinski definition) is 1. The summed E-state index contributed by atoms with van der Waals surface area (Å²) in [4.78, 5) is 15.1. The maximum absolute atomic E-state index is 12.1. The number of methoxy groups -OCH3 is 1. The van der Waals surface area contributed by atoms with E-state index in [9.17, 15) is 4.79 Å². The van der Waals surface area contributed by atoms with Crippen molar-refractivity contribution in [2.24, 2.45) is 0 Å². The number of aromatic nitrogens is 4. The van der Waals surface area contributed by atoms with Crippen LogP contribution in [0.2, 0.25) is 0 Å². The number of ether oxygens (including phenoxy) is 1. The van der Waals surface area contributed by atoms with E-state index in [1.807, 2.05) is 41.8 Å². The van der Waals surface area contributed by atoms with Crippen LogP contribution in [-0.4, -0.2) is 38.4 Å². The summed E-state index contributed by atoms with van der Waals surface area (Å²) in [5.74, 6) is 1.84. The number of nitrogens with zero attached hydrogens (tertiary/aromatic N) is 3. The number of benzene rings is 1. The van der Waals surface area contributed by atoms with E-state index in [-0.39, 0.29) is 5.78 Å². The standard InChI is InChI=1S/C17H18N4O2S/c1-3-21-16(12-7-4-5-9-15(12)23-2)19-20-17(21)24-11-14(22)13-8-6-10-18-13/h4-10,18H,3,11H2,1-2H3. The number of nitrogens with one attached hydrogen (secondary N) is 1. The minimum absolute atomic E-state index is 0.0366. The lowest BCUT2D eigenvalue weighted by Crippen LogP contribution is -2.05. The average molecular weight is 342 g/mol. The lowest BCUT2D eigenvalue weighted by molar-refractivity contribution is 0.101. The molecule has 1 aromatic carbocycles. The number of thioether (sulfide) groups is 1. The molecule has 0 amide bonds. The van der Waals surface area contributed by atoms with Crippen molar-refractivity contribution < 1.29 is 9.53 Å². The molecule has 0 spiro atoms. The molecule has 3 aromatic rings. The smallest absolute Gasteiger partial charge is 0.191 e. The Morgan fingerprint density at radius 1 is 1.25 bits per heavy atom. The number of rotatable bonds is 7. The molecule has 2 heterocycles. The number of ketones is 1. The fraction of sp³-hybridized carbons (Fsp3) is 0.235. The van der Waals surface area contributed by atoms with Crippen LogP contribution >= 0.6 is 11.8 Å². The molecule has 0 atom stereocenters. The fourth-order valence-electron chi connectivity index (χ4n) is 2.42. The lowest BCUT2D eigenvalue weighted by atomic mass is 10.2. The third kappa shape index (κ3) is 3.21. The predicted octanol–water partition coefficient (Wildman–Crippen LogP) is 3.28. The van der Waals surface area contributed by atoms with Gasteiger partial charge in [-0.15, -0.1) is 10.2 Å². The van der Waals surface area contributed by atoms with Gasteiger partial charge in [0.25, 0.3) is 0 Å². The van der Waals surface area contributed by atoms with Crippen molar-refractivity contribution in [1.29, 1.82) is 0 Å². The molecule has 0 saturated carbocycles. The van der Waals surface area contributed by atoms with Crippen molar-refractivity contribution in [3.63, 3.8) is 0 Å².